The van der Waals surface area contributed by atoms with Gasteiger partial charge in [-0.25, -0.2) is 8.78 Å². The third-order valence-electron chi connectivity index (χ3n) is 17.7. The number of hydrogen-bond donors (Lipinski definition) is 13. The zero-order valence-corrected chi connectivity index (χ0v) is 55.2. The number of nitrogens with two attached hydrogens (primary N) is 2. The summed E-state index contributed by atoms with van der Waals surface area (Å²) >= 11 is 2.87. The van der Waals surface area contributed by atoms with Crippen LogP contribution >= 0.6 is 23.5 Å². The highest BCUT2D eigenvalue weighted by molar-refractivity contribution is 7.98. The van der Waals surface area contributed by atoms with Gasteiger partial charge in [-0.3, -0.25) is 52.7 Å². The number of carbonyl (C=O) groups excluding carboxylic acids is 10. The van der Waals surface area contributed by atoms with Crippen molar-refractivity contribution in [2.45, 2.75) is 143 Å². The number of aromatic hydroxyl groups is 1. The highest BCUT2D eigenvalue weighted by atomic mass is 32.2. The van der Waals surface area contributed by atoms with Gasteiger partial charge in [0.05, 0.1) is 24.9 Å². The number of carboxylic acid groups (broad SMARTS) is 1. The number of Topliss-reactive ketones (excluding diaryl/α,β-unsaturated/α-hetero) is 1. The Kier molecular flexibility index (Phi) is 23.8. The largest absolute Gasteiger partial charge is 0.508 e. The summed E-state index contributed by atoms with van der Waals surface area (Å²) < 4.78 is 29.9. The van der Waals surface area contributed by atoms with Crippen LogP contribution in [0.1, 0.15) is 105 Å². The highest BCUT2D eigenvalue weighted by Crippen LogP contribution is 2.53. The van der Waals surface area contributed by atoms with Gasteiger partial charge in [0.25, 0.3) is 0 Å². The van der Waals surface area contributed by atoms with Crippen molar-refractivity contribution in [3.8, 4) is 5.75 Å². The van der Waals surface area contributed by atoms with E-state index in [0.717, 1.165) is 11.1 Å². The number of ketones is 1. The summed E-state index contributed by atoms with van der Waals surface area (Å²) in [6.07, 6.45) is 2.59. The maximum absolute atomic E-state index is 15.3. The molecule has 2 aromatic heterocycles. The minimum atomic E-state index is -2.01. The average Bonchev–Trinajstić information content (AvgIpc) is 1.55. The second-order valence-electron chi connectivity index (χ2n) is 25.3. The van der Waals surface area contributed by atoms with Crippen LogP contribution in [-0.4, -0.2) is 162 Å². The lowest BCUT2D eigenvalue weighted by Gasteiger charge is -2.33. The lowest BCUT2D eigenvalue weighted by Crippen LogP contribution is -2.63. The molecule has 0 radical (unpaired) electrons. The normalized spacial score (nSPS) is 24.2. The molecular weight excluding hydrogens is 1290 g/mol. The molecule has 9 amide bonds. The van der Waals surface area contributed by atoms with Crippen LogP contribution in [0.4, 0.5) is 8.78 Å². The fourth-order valence-corrected chi connectivity index (χ4v) is 14.3. The first kappa shape index (κ1) is 71.9. The molecule has 1 saturated heterocycles. The van der Waals surface area contributed by atoms with Gasteiger partial charge in [-0.15, -0.1) is 0 Å². The Labute approximate surface area is 565 Å². The molecule has 1 spiro atoms. The summed E-state index contributed by atoms with van der Waals surface area (Å²) in [4.78, 5) is 163. The van der Waals surface area contributed by atoms with E-state index in [2.05, 4.69) is 47.2 Å². The van der Waals surface area contributed by atoms with Crippen molar-refractivity contribution >= 4 is 110 Å². The smallest absolute Gasteiger partial charge is 0.305 e. The Morgan fingerprint density at radius 2 is 1.39 bits per heavy atom. The minimum absolute atomic E-state index is 0.0247. The van der Waals surface area contributed by atoms with E-state index in [9.17, 15) is 66.9 Å². The number of rotatable bonds is 12. The maximum atomic E-state index is 15.3. The molecule has 4 heterocycles. The number of phenols is 1. The fraction of sp³-hybridized carbons (Fsp3) is 0.426. The number of nitrogens with zero attached hydrogens (tertiary/aromatic N) is 1. The van der Waals surface area contributed by atoms with Crippen molar-refractivity contribution < 1.29 is 71.7 Å². The molecule has 2 aliphatic heterocycles. The number of halogens is 2. The molecule has 1 aliphatic carbocycles. The Hall–Kier alpha value is -9.35. The number of fused-ring (bicyclic) bond motifs is 5. The van der Waals surface area contributed by atoms with Crippen molar-refractivity contribution in [2.24, 2.45) is 17.4 Å². The lowest BCUT2D eigenvalue weighted by atomic mass is 9.96. The molecule has 516 valence electrons. The Balaban J connectivity index is 1.03. The fourth-order valence-electron chi connectivity index (χ4n) is 12.3. The second kappa shape index (κ2) is 32.1. The molecule has 97 heavy (non-hydrogen) atoms. The summed E-state index contributed by atoms with van der Waals surface area (Å²) in [5, 5.41) is 39.4. The van der Waals surface area contributed by atoms with Gasteiger partial charge in [0.1, 0.15) is 52.6 Å². The first-order valence-electron chi connectivity index (χ1n) is 32.0. The van der Waals surface area contributed by atoms with Gasteiger partial charge in [-0.2, -0.15) is 23.5 Å². The van der Waals surface area contributed by atoms with Crippen molar-refractivity contribution in [3.05, 3.63) is 137 Å². The molecule has 1 unspecified atom stereocenters. The van der Waals surface area contributed by atoms with Crippen LogP contribution in [0.15, 0.2) is 97.3 Å². The molecule has 3 aliphatic rings. The number of primary amides is 1. The quantitative estimate of drug-likeness (QED) is 0.0778. The zero-order valence-electron chi connectivity index (χ0n) is 53.6. The molecule has 29 heteroatoms. The van der Waals surface area contributed by atoms with Gasteiger partial charge >= 0.3 is 5.97 Å². The number of nitrogens with one attached hydrogen (secondary N) is 9. The number of H-pyrrole nitrogens is 2. The summed E-state index contributed by atoms with van der Waals surface area (Å²) in [5.41, 5.74) is 11.6. The van der Waals surface area contributed by atoms with E-state index < -0.39 is 149 Å². The standard InChI is InChI=1S/C68H80F2N12O13S2/c1-67(2)65(94)79-54(24-37-11-15-44(83)16-12-37)64(93)82-21-6-10-55(82)56(84)26-41(60(72)89)36-97-35-39-8-5-7-38(23-39)34-96-22-19-57(85)76-51(9-3-4-20-71)61(90)75-33-58(86)80-68(30-48(68)47-32-74-50-18-14-43(70)28-46(47)50)66(95)78-52(62(91)77-53(29-59(87)88)63(92)81-67)25-40-31-73-49-17-13-42(69)27-45(40)49/h5,7-8,11-18,23,27-28,31-32,41,48,51-55,73-74,83H,3-4,6,9-10,19-22,24-26,29-30,33-36,71H2,1-2H3,(H2,72,89)(H,75,90)(H,76,85)(H,77,91)(H,78,95)(H,79,94)(H,80,86)(H,81,92)(H,87,88)/t41-,48+,51-,52-,53-,54-,55-,68?/m0/s1. The predicted molar refractivity (Wildman–Crippen MR) is 359 cm³/mol. The highest BCUT2D eigenvalue weighted by Gasteiger charge is 2.63. The molecule has 1 saturated carbocycles. The number of aliphatic carboxylic acids is 1. The number of unbranched alkanes of at least 4 members (excludes halogenated alkanes) is 1. The van der Waals surface area contributed by atoms with Gasteiger partial charge in [-0.05, 0) is 135 Å². The van der Waals surface area contributed by atoms with Gasteiger partial charge in [-0.1, -0.05) is 36.4 Å². The number of thioether (sulfide) groups is 2. The topological polar surface area (TPSA) is 399 Å². The summed E-state index contributed by atoms with van der Waals surface area (Å²) in [5.74, 6) is -11.5. The number of carbonyl (C=O) groups is 11. The van der Waals surface area contributed by atoms with Crippen molar-refractivity contribution in [1.82, 2.24) is 52.1 Å². The van der Waals surface area contributed by atoms with E-state index >= 15 is 4.79 Å². The van der Waals surface area contributed by atoms with Crippen LogP contribution in [0.2, 0.25) is 0 Å². The zero-order chi connectivity index (χ0) is 69.7. The number of carboxylic acids is 1. The van der Waals surface area contributed by atoms with Crippen LogP contribution in [0.3, 0.4) is 0 Å². The van der Waals surface area contributed by atoms with Crippen LogP contribution in [-0.2, 0) is 77.1 Å². The predicted octanol–water partition coefficient (Wildman–Crippen LogP) is 3.64. The van der Waals surface area contributed by atoms with Crippen LogP contribution in [0.25, 0.3) is 21.8 Å². The van der Waals surface area contributed by atoms with Gasteiger partial charge in [0.2, 0.25) is 53.2 Å². The Bertz CT molecular complexity index is 3960. The lowest BCUT2D eigenvalue weighted by molar-refractivity contribution is -0.143. The maximum Gasteiger partial charge on any atom is 0.305 e. The third-order valence-corrected chi connectivity index (χ3v) is 19.9. The van der Waals surface area contributed by atoms with Gasteiger partial charge < -0.3 is 73.8 Å². The molecule has 9 rings (SSSR count). The number of aromatic amines is 2. The molecule has 6 aromatic rings. The van der Waals surface area contributed by atoms with Gasteiger partial charge in [0, 0.05) is 95.4 Å². The first-order valence-corrected chi connectivity index (χ1v) is 34.3. The molecule has 15 N–H and O–H groups in total. The molecule has 8 atom stereocenters. The monoisotopic (exact) mass is 1370 g/mol. The third kappa shape index (κ3) is 18.6. The number of amides is 9. The van der Waals surface area contributed by atoms with E-state index in [0.29, 0.717) is 70.6 Å². The second-order valence-corrected chi connectivity index (χ2v) is 27.5. The van der Waals surface area contributed by atoms with Crippen molar-refractivity contribution in [2.75, 3.05) is 31.1 Å². The van der Waals surface area contributed by atoms with Crippen molar-refractivity contribution in [3.63, 3.8) is 0 Å². The van der Waals surface area contributed by atoms with E-state index in [1.165, 1.54) is 115 Å². The van der Waals surface area contributed by atoms with Crippen LogP contribution in [0.5, 0.6) is 5.75 Å². The minimum Gasteiger partial charge on any atom is -0.508 e. The average molecular weight is 1380 g/mol. The Morgan fingerprint density at radius 3 is 2.09 bits per heavy atom. The number of hydrogen-bond acceptors (Lipinski definition) is 15. The number of benzene rings is 4. The van der Waals surface area contributed by atoms with Crippen LogP contribution < -0.4 is 48.7 Å². The molecular formula is C68H80F2N12O13S2. The van der Waals surface area contributed by atoms with Crippen molar-refractivity contribution in [1.29, 1.82) is 0 Å². The number of aromatic nitrogens is 2. The first-order chi connectivity index (χ1) is 46.3. The van der Waals surface area contributed by atoms with E-state index in [4.69, 9.17) is 11.5 Å². The molecule has 2 bridgehead atoms. The van der Waals surface area contributed by atoms with Gasteiger partial charge in [0.15, 0.2) is 5.78 Å². The Morgan fingerprint density at radius 1 is 0.711 bits per heavy atom. The molecule has 25 nitrogen and oxygen atoms in total. The van der Waals surface area contributed by atoms with Crippen LogP contribution in [0, 0.1) is 17.6 Å². The summed E-state index contributed by atoms with van der Waals surface area (Å²) in [7, 11) is 0. The van der Waals surface area contributed by atoms with E-state index in [1.54, 1.807) is 0 Å². The van der Waals surface area contributed by atoms with E-state index in [1.807, 2.05) is 24.3 Å². The number of phenolic OH excluding ortho intramolecular Hbond substituents is 1. The molecule has 4 aromatic carbocycles. The van der Waals surface area contributed by atoms with E-state index in [-0.39, 0.29) is 67.5 Å². The molecule has 2 fully saturated rings. The summed E-state index contributed by atoms with van der Waals surface area (Å²) in [6.45, 7) is 2.20. The summed E-state index contributed by atoms with van der Waals surface area (Å²) in [6, 6.07) is 14.0. The SMILES string of the molecule is CC1(C)NC(=O)[C@H](CC(=O)O)NC(=O)[C@H](Cc2c[nH]c3ccc(F)cc23)NC(=O)C2(C[C@@H]2c2c[nH]c3ccc(F)cc23)NC(=O)CNC(=O)[C@H](CCCCN)NC(=O)CCSCc2cccc(c2)CSC[C@@H](C(N)=O)CC(=O)[C@@H]2CCCN2C(=O)[C@H](Cc2ccc(O)cc2)NC1=O.